The molecular weight excluding hydrogens is 142 g/mol. The Hall–Kier alpha value is 0.310. The van der Waals surface area contributed by atoms with Crippen LogP contribution in [0, 0.1) is 5.41 Å². The normalized spacial score (nSPS) is 20.7. The zero-order valence-corrected chi connectivity index (χ0v) is 7.92. The second kappa shape index (κ2) is 3.14. The van der Waals surface area contributed by atoms with Crippen LogP contribution in [-0.4, -0.2) is 24.1 Å². The van der Waals surface area contributed by atoms with Gasteiger partial charge in [0, 0.05) is 18.3 Å². The Morgan fingerprint density at radius 2 is 2.00 bits per heavy atom. The lowest BCUT2D eigenvalue weighted by Crippen LogP contribution is -2.45. The third-order valence-corrected chi connectivity index (χ3v) is 3.33. The fourth-order valence-corrected chi connectivity index (χ4v) is 1.95. The van der Waals surface area contributed by atoms with Crippen molar-refractivity contribution in [3.05, 3.63) is 0 Å². The summed E-state index contributed by atoms with van der Waals surface area (Å²) in [4.78, 5) is 0. The molecule has 0 aromatic carbocycles. The average Bonchev–Trinajstić information content (AvgIpc) is 1.56. The summed E-state index contributed by atoms with van der Waals surface area (Å²) >= 11 is 2.11. The minimum absolute atomic E-state index is 0.500. The van der Waals surface area contributed by atoms with Crippen LogP contribution in [-0.2, 0) is 0 Å². The first-order valence-electron chi connectivity index (χ1n) is 3.90. The fraction of sp³-hybridized carbons (Fsp3) is 1.00. The zero-order chi connectivity index (χ0) is 7.61. The van der Waals surface area contributed by atoms with Crippen LogP contribution in [0.3, 0.4) is 0 Å². The van der Waals surface area contributed by atoms with Gasteiger partial charge in [0.05, 0.1) is 0 Å². The molecule has 0 unspecified atom stereocenters. The van der Waals surface area contributed by atoms with Crippen molar-refractivity contribution in [1.29, 1.82) is 0 Å². The van der Waals surface area contributed by atoms with Crippen LogP contribution in [0.2, 0.25) is 0 Å². The molecule has 0 aromatic rings. The first kappa shape index (κ1) is 8.41. The van der Waals surface area contributed by atoms with Crippen LogP contribution in [0.25, 0.3) is 0 Å². The van der Waals surface area contributed by atoms with E-state index in [1.54, 1.807) is 0 Å². The summed E-state index contributed by atoms with van der Waals surface area (Å²) in [5.74, 6) is 1.29. The van der Waals surface area contributed by atoms with Crippen LogP contribution in [0.1, 0.15) is 20.8 Å². The summed E-state index contributed by atoms with van der Waals surface area (Å²) in [5, 5.41) is 4.18. The van der Waals surface area contributed by atoms with E-state index in [2.05, 4.69) is 37.8 Å². The molecule has 1 N–H and O–H groups in total. The summed E-state index contributed by atoms with van der Waals surface area (Å²) in [6.45, 7) is 9.34. The van der Waals surface area contributed by atoms with E-state index in [1.807, 2.05) is 0 Å². The number of nitrogens with one attached hydrogen (secondary N) is 1. The van der Waals surface area contributed by atoms with Crippen LogP contribution in [0.15, 0.2) is 0 Å². The minimum Gasteiger partial charge on any atom is -0.314 e. The standard InChI is InChI=1S/C8H17NS/c1-8(2,3)6-10-7-4-9-5-7/h7,9H,4-6H2,1-3H3. The highest BCUT2D eigenvalue weighted by molar-refractivity contribution is 8.00. The lowest BCUT2D eigenvalue weighted by Gasteiger charge is -2.29. The number of hydrogen-bond donors (Lipinski definition) is 1. The SMILES string of the molecule is CC(C)(C)CSC1CNC1. The third-order valence-electron chi connectivity index (χ3n) is 1.50. The minimum atomic E-state index is 0.500. The van der Waals surface area contributed by atoms with Gasteiger partial charge >= 0.3 is 0 Å². The largest absolute Gasteiger partial charge is 0.314 e. The molecular formula is C8H17NS. The smallest absolute Gasteiger partial charge is 0.0297 e. The molecule has 1 aliphatic heterocycles. The van der Waals surface area contributed by atoms with Crippen LogP contribution >= 0.6 is 11.8 Å². The molecule has 0 amide bonds. The Balaban J connectivity index is 2.04. The van der Waals surface area contributed by atoms with Crippen molar-refractivity contribution in [3.63, 3.8) is 0 Å². The van der Waals surface area contributed by atoms with Crippen molar-refractivity contribution >= 4 is 11.8 Å². The van der Waals surface area contributed by atoms with E-state index >= 15 is 0 Å². The number of thioether (sulfide) groups is 1. The summed E-state index contributed by atoms with van der Waals surface area (Å²) in [6, 6.07) is 0. The summed E-state index contributed by atoms with van der Waals surface area (Å²) < 4.78 is 0. The Morgan fingerprint density at radius 1 is 1.40 bits per heavy atom. The van der Waals surface area contributed by atoms with E-state index in [-0.39, 0.29) is 0 Å². The highest BCUT2D eigenvalue weighted by Gasteiger charge is 2.20. The van der Waals surface area contributed by atoms with E-state index < -0.39 is 0 Å². The van der Waals surface area contributed by atoms with E-state index in [4.69, 9.17) is 0 Å². The molecule has 1 heterocycles. The Labute approximate surface area is 68.0 Å². The molecule has 0 atom stereocenters. The Bertz CT molecular complexity index is 102. The molecule has 0 radical (unpaired) electrons. The molecule has 1 rings (SSSR count). The maximum atomic E-state index is 3.28. The second-order valence-corrected chi connectivity index (χ2v) is 5.44. The molecule has 2 heteroatoms. The summed E-state index contributed by atoms with van der Waals surface area (Å²) in [5.41, 5.74) is 0.500. The van der Waals surface area contributed by atoms with Gasteiger partial charge in [-0.15, -0.1) is 0 Å². The molecule has 0 bridgehead atoms. The van der Waals surface area contributed by atoms with Crippen molar-refractivity contribution in [2.75, 3.05) is 18.8 Å². The van der Waals surface area contributed by atoms with Crippen molar-refractivity contribution in [2.24, 2.45) is 5.41 Å². The van der Waals surface area contributed by atoms with Gasteiger partial charge in [-0.3, -0.25) is 0 Å². The molecule has 1 aliphatic rings. The third kappa shape index (κ3) is 2.93. The molecule has 0 aromatic heterocycles. The van der Waals surface area contributed by atoms with E-state index in [0.29, 0.717) is 5.41 Å². The summed E-state index contributed by atoms with van der Waals surface area (Å²) in [7, 11) is 0. The highest BCUT2D eigenvalue weighted by Crippen LogP contribution is 2.25. The zero-order valence-electron chi connectivity index (χ0n) is 7.11. The number of rotatable bonds is 2. The maximum absolute atomic E-state index is 3.28. The van der Waals surface area contributed by atoms with Gasteiger partial charge in [-0.05, 0) is 11.2 Å². The van der Waals surface area contributed by atoms with Crippen molar-refractivity contribution in [2.45, 2.75) is 26.0 Å². The number of hydrogen-bond acceptors (Lipinski definition) is 2. The molecule has 1 saturated heterocycles. The topological polar surface area (TPSA) is 12.0 Å². The highest BCUT2D eigenvalue weighted by atomic mass is 32.2. The van der Waals surface area contributed by atoms with Gasteiger partial charge in [-0.1, -0.05) is 20.8 Å². The van der Waals surface area contributed by atoms with E-state index in [9.17, 15) is 0 Å². The molecule has 10 heavy (non-hydrogen) atoms. The molecule has 1 nitrogen and oxygen atoms in total. The fourth-order valence-electron chi connectivity index (χ4n) is 0.748. The van der Waals surface area contributed by atoms with Crippen LogP contribution in [0.5, 0.6) is 0 Å². The molecule has 0 spiro atoms. The summed E-state index contributed by atoms with van der Waals surface area (Å²) in [6.07, 6.45) is 0. The first-order valence-corrected chi connectivity index (χ1v) is 4.95. The molecule has 60 valence electrons. The van der Waals surface area contributed by atoms with E-state index in [0.717, 1.165) is 5.25 Å². The van der Waals surface area contributed by atoms with Gasteiger partial charge in [0.15, 0.2) is 0 Å². The van der Waals surface area contributed by atoms with Gasteiger partial charge < -0.3 is 5.32 Å². The molecule has 1 fully saturated rings. The van der Waals surface area contributed by atoms with Crippen molar-refractivity contribution in [3.8, 4) is 0 Å². The quantitative estimate of drug-likeness (QED) is 0.658. The van der Waals surface area contributed by atoms with Crippen molar-refractivity contribution < 1.29 is 0 Å². The Morgan fingerprint density at radius 3 is 2.30 bits per heavy atom. The van der Waals surface area contributed by atoms with Gasteiger partial charge in [-0.2, -0.15) is 11.8 Å². The lowest BCUT2D eigenvalue weighted by molar-refractivity contribution is 0.475. The second-order valence-electron chi connectivity index (χ2n) is 4.15. The average molecular weight is 159 g/mol. The van der Waals surface area contributed by atoms with Gasteiger partial charge in [0.2, 0.25) is 0 Å². The first-order chi connectivity index (χ1) is 4.58. The van der Waals surface area contributed by atoms with Crippen LogP contribution < -0.4 is 5.32 Å². The lowest BCUT2D eigenvalue weighted by atomic mass is 10.0. The van der Waals surface area contributed by atoms with Gasteiger partial charge in [0.1, 0.15) is 0 Å². The van der Waals surface area contributed by atoms with Crippen LogP contribution in [0.4, 0.5) is 0 Å². The molecule has 0 aliphatic carbocycles. The predicted molar refractivity (Wildman–Crippen MR) is 48.6 cm³/mol. The molecule has 0 saturated carbocycles. The van der Waals surface area contributed by atoms with Crippen molar-refractivity contribution in [1.82, 2.24) is 5.32 Å². The van der Waals surface area contributed by atoms with E-state index in [1.165, 1.54) is 18.8 Å². The Kier molecular flexibility index (Phi) is 2.64. The maximum Gasteiger partial charge on any atom is 0.0297 e. The monoisotopic (exact) mass is 159 g/mol. The predicted octanol–water partition coefficient (Wildman–Crippen LogP) is 1.74. The van der Waals surface area contributed by atoms with Gasteiger partial charge in [-0.25, -0.2) is 0 Å². The van der Waals surface area contributed by atoms with Gasteiger partial charge in [0.25, 0.3) is 0 Å².